The zero-order chi connectivity index (χ0) is 16.4. The number of hydrogen-bond acceptors (Lipinski definition) is 5. The zero-order valence-corrected chi connectivity index (χ0v) is 13.0. The van der Waals surface area contributed by atoms with Gasteiger partial charge in [-0.3, -0.25) is 24.3 Å². The van der Waals surface area contributed by atoms with E-state index in [2.05, 4.69) is 10.2 Å². The number of aromatic nitrogens is 4. The Labute approximate surface area is 127 Å². The fourth-order valence-corrected chi connectivity index (χ4v) is 2.23. The molecule has 0 aromatic carbocycles. The highest BCUT2D eigenvalue weighted by Gasteiger charge is 2.27. The Kier molecular flexibility index (Phi) is 4.25. The van der Waals surface area contributed by atoms with Crippen molar-refractivity contribution in [1.29, 1.82) is 0 Å². The molecule has 2 heterocycles. The van der Waals surface area contributed by atoms with Crippen LogP contribution in [0.1, 0.15) is 28.7 Å². The molecule has 0 N–H and O–H groups in total. The molecule has 9 nitrogen and oxygen atoms in total. The summed E-state index contributed by atoms with van der Waals surface area (Å²) in [5.74, 6) is -0.490. The van der Waals surface area contributed by atoms with Crippen molar-refractivity contribution in [1.82, 2.24) is 24.5 Å². The molecule has 118 valence electrons. The normalized spacial score (nSPS) is 10.7. The van der Waals surface area contributed by atoms with Crippen LogP contribution in [-0.2, 0) is 20.1 Å². The topological polar surface area (TPSA) is 99.1 Å². The van der Waals surface area contributed by atoms with E-state index in [-0.39, 0.29) is 11.4 Å². The Morgan fingerprint density at radius 2 is 2.18 bits per heavy atom. The Hall–Kier alpha value is -2.71. The highest BCUT2D eigenvalue weighted by atomic mass is 16.6. The molecule has 2 rings (SSSR count). The highest BCUT2D eigenvalue weighted by Crippen LogP contribution is 2.19. The van der Waals surface area contributed by atoms with Gasteiger partial charge in [-0.2, -0.15) is 10.2 Å². The van der Waals surface area contributed by atoms with Crippen molar-refractivity contribution >= 4 is 11.6 Å². The molecule has 2 aromatic heterocycles. The molecule has 0 aliphatic carbocycles. The van der Waals surface area contributed by atoms with Crippen molar-refractivity contribution in [2.24, 2.45) is 7.05 Å². The summed E-state index contributed by atoms with van der Waals surface area (Å²) < 4.78 is 3.09. The summed E-state index contributed by atoms with van der Waals surface area (Å²) in [7, 11) is 3.13. The first kappa shape index (κ1) is 15.7. The zero-order valence-electron chi connectivity index (χ0n) is 13.0. The van der Waals surface area contributed by atoms with E-state index in [0.29, 0.717) is 6.54 Å². The number of carbonyl (C=O) groups excluding carboxylic acids is 1. The molecule has 0 atom stereocenters. The Morgan fingerprint density at radius 3 is 2.73 bits per heavy atom. The molecule has 0 radical (unpaired) electrons. The van der Waals surface area contributed by atoms with Crippen LogP contribution in [0.2, 0.25) is 0 Å². The number of hydrogen-bond donors (Lipinski definition) is 0. The predicted molar refractivity (Wildman–Crippen MR) is 78.3 cm³/mol. The standard InChI is InChI=1S/C13H18N6O3/c1-5-18-9(2)10(6-14-18)7-16(3)13(20)12-11(19(21)22)8-17(4)15-12/h6,8H,5,7H2,1-4H3. The Morgan fingerprint density at radius 1 is 1.50 bits per heavy atom. The molecule has 0 aliphatic heterocycles. The van der Waals surface area contributed by atoms with Gasteiger partial charge in [0.25, 0.3) is 5.91 Å². The molecule has 0 saturated carbocycles. The summed E-state index contributed by atoms with van der Waals surface area (Å²) >= 11 is 0. The minimum Gasteiger partial charge on any atom is -0.336 e. The maximum Gasteiger partial charge on any atom is 0.320 e. The lowest BCUT2D eigenvalue weighted by atomic mass is 10.2. The van der Waals surface area contributed by atoms with E-state index in [4.69, 9.17) is 0 Å². The fraction of sp³-hybridized carbons (Fsp3) is 0.462. The fourth-order valence-electron chi connectivity index (χ4n) is 2.23. The van der Waals surface area contributed by atoms with Crippen LogP contribution in [0, 0.1) is 17.0 Å². The second-order valence-electron chi connectivity index (χ2n) is 5.03. The molecule has 0 bridgehead atoms. The van der Waals surface area contributed by atoms with Crippen molar-refractivity contribution < 1.29 is 9.72 Å². The van der Waals surface area contributed by atoms with Gasteiger partial charge in [0.15, 0.2) is 0 Å². The lowest BCUT2D eigenvalue weighted by molar-refractivity contribution is -0.385. The molecule has 0 aliphatic rings. The lowest BCUT2D eigenvalue weighted by Crippen LogP contribution is -2.27. The minimum absolute atomic E-state index is 0.157. The SMILES string of the molecule is CCn1ncc(CN(C)C(=O)c2nn(C)cc2[N+](=O)[O-])c1C. The van der Waals surface area contributed by atoms with Crippen LogP contribution in [0.25, 0.3) is 0 Å². The average Bonchev–Trinajstić information content (AvgIpc) is 3.02. The summed E-state index contributed by atoms with van der Waals surface area (Å²) in [6, 6.07) is 0. The summed E-state index contributed by atoms with van der Waals surface area (Å²) in [4.78, 5) is 24.2. The van der Waals surface area contributed by atoms with Crippen molar-refractivity contribution in [2.75, 3.05) is 7.05 Å². The number of nitrogens with zero attached hydrogens (tertiary/aromatic N) is 6. The van der Waals surface area contributed by atoms with Gasteiger partial charge in [0, 0.05) is 38.4 Å². The smallest absolute Gasteiger partial charge is 0.320 e. The molecule has 2 aromatic rings. The van der Waals surface area contributed by atoms with E-state index in [9.17, 15) is 14.9 Å². The second-order valence-corrected chi connectivity index (χ2v) is 5.03. The number of amides is 1. The first-order chi connectivity index (χ1) is 10.3. The maximum atomic E-state index is 12.4. The van der Waals surface area contributed by atoms with Crippen molar-refractivity contribution in [3.63, 3.8) is 0 Å². The van der Waals surface area contributed by atoms with E-state index in [1.165, 1.54) is 15.8 Å². The molecule has 22 heavy (non-hydrogen) atoms. The molecular weight excluding hydrogens is 288 g/mol. The third-order valence-corrected chi connectivity index (χ3v) is 3.47. The van der Waals surface area contributed by atoms with Crippen LogP contribution in [0.3, 0.4) is 0 Å². The highest BCUT2D eigenvalue weighted by molar-refractivity contribution is 5.95. The van der Waals surface area contributed by atoms with E-state index in [1.54, 1.807) is 20.3 Å². The second kappa shape index (κ2) is 5.96. The number of aryl methyl sites for hydroxylation is 2. The summed E-state index contributed by atoms with van der Waals surface area (Å²) in [5.41, 5.74) is 1.42. The van der Waals surface area contributed by atoms with E-state index in [1.807, 2.05) is 18.5 Å². The molecule has 0 unspecified atom stereocenters. The molecule has 0 saturated heterocycles. The Balaban J connectivity index is 2.22. The van der Waals surface area contributed by atoms with Crippen LogP contribution in [0.15, 0.2) is 12.4 Å². The third-order valence-electron chi connectivity index (χ3n) is 3.47. The van der Waals surface area contributed by atoms with Crippen LogP contribution in [0.5, 0.6) is 0 Å². The summed E-state index contributed by atoms with van der Waals surface area (Å²) in [5, 5.41) is 19.1. The average molecular weight is 306 g/mol. The molecule has 0 spiro atoms. The molecule has 0 fully saturated rings. The van der Waals surface area contributed by atoms with Crippen LogP contribution >= 0.6 is 0 Å². The van der Waals surface area contributed by atoms with Gasteiger partial charge in [0.1, 0.15) is 6.20 Å². The van der Waals surface area contributed by atoms with Gasteiger partial charge in [-0.25, -0.2) is 0 Å². The summed E-state index contributed by atoms with van der Waals surface area (Å²) in [6.07, 6.45) is 2.93. The van der Waals surface area contributed by atoms with Gasteiger partial charge < -0.3 is 4.90 Å². The van der Waals surface area contributed by atoms with E-state index >= 15 is 0 Å². The van der Waals surface area contributed by atoms with Gasteiger partial charge in [-0.05, 0) is 13.8 Å². The van der Waals surface area contributed by atoms with Crippen LogP contribution in [-0.4, -0.2) is 42.3 Å². The monoisotopic (exact) mass is 306 g/mol. The van der Waals surface area contributed by atoms with Gasteiger partial charge in [-0.1, -0.05) is 0 Å². The van der Waals surface area contributed by atoms with Gasteiger partial charge in [0.2, 0.25) is 5.69 Å². The van der Waals surface area contributed by atoms with Crippen LogP contribution < -0.4 is 0 Å². The number of rotatable bonds is 5. The van der Waals surface area contributed by atoms with Crippen molar-refractivity contribution in [2.45, 2.75) is 26.9 Å². The minimum atomic E-state index is -0.603. The summed E-state index contributed by atoms with van der Waals surface area (Å²) in [6.45, 7) is 4.97. The van der Waals surface area contributed by atoms with E-state index in [0.717, 1.165) is 17.8 Å². The van der Waals surface area contributed by atoms with E-state index < -0.39 is 10.8 Å². The Bertz CT molecular complexity index is 717. The van der Waals surface area contributed by atoms with Crippen molar-refractivity contribution in [3.05, 3.63) is 39.5 Å². The number of nitro groups is 1. The first-order valence-electron chi connectivity index (χ1n) is 6.79. The van der Waals surface area contributed by atoms with Gasteiger partial charge in [-0.15, -0.1) is 0 Å². The molecule has 1 amide bonds. The molecule has 9 heteroatoms. The van der Waals surface area contributed by atoms with Crippen LogP contribution in [0.4, 0.5) is 5.69 Å². The quantitative estimate of drug-likeness (QED) is 0.609. The van der Waals surface area contributed by atoms with Gasteiger partial charge >= 0.3 is 5.69 Å². The predicted octanol–water partition coefficient (Wildman–Crippen LogP) is 1.13. The third kappa shape index (κ3) is 2.83. The number of carbonyl (C=O) groups is 1. The largest absolute Gasteiger partial charge is 0.336 e. The maximum absolute atomic E-state index is 12.4. The molecular formula is C13H18N6O3. The van der Waals surface area contributed by atoms with Crippen molar-refractivity contribution in [3.8, 4) is 0 Å². The first-order valence-corrected chi connectivity index (χ1v) is 6.79. The lowest BCUT2D eigenvalue weighted by Gasteiger charge is -2.15. The van der Waals surface area contributed by atoms with Gasteiger partial charge in [0.05, 0.1) is 11.1 Å².